The first-order valence-corrected chi connectivity index (χ1v) is 11.7. The van der Waals surface area contributed by atoms with E-state index in [4.69, 9.17) is 0 Å². The summed E-state index contributed by atoms with van der Waals surface area (Å²) in [5.74, 6) is -1.08. The number of rotatable bonds is 5. The van der Waals surface area contributed by atoms with Gasteiger partial charge in [-0.2, -0.15) is 0 Å². The number of hydrogen-bond donors (Lipinski definition) is 2. The summed E-state index contributed by atoms with van der Waals surface area (Å²) in [6.45, 7) is 3.19. The number of carbonyl (C=O) groups is 2. The number of sulfonamides is 1. The minimum absolute atomic E-state index is 0.00414. The van der Waals surface area contributed by atoms with Gasteiger partial charge in [0.2, 0.25) is 5.91 Å². The molecule has 170 valence electrons. The van der Waals surface area contributed by atoms with E-state index in [1.165, 1.54) is 23.4 Å². The molecule has 0 fully saturated rings. The Morgan fingerprint density at radius 2 is 1.64 bits per heavy atom. The Hall–Kier alpha value is -3.72. The first kappa shape index (κ1) is 22.5. The summed E-state index contributed by atoms with van der Waals surface area (Å²) >= 11 is 0. The third-order valence-electron chi connectivity index (χ3n) is 5.31. The average molecular weight is 468 g/mol. The highest BCUT2D eigenvalue weighted by Gasteiger charge is 2.36. The van der Waals surface area contributed by atoms with Crippen LogP contribution in [0.15, 0.2) is 71.6 Å². The van der Waals surface area contributed by atoms with Gasteiger partial charge in [-0.05, 0) is 79.6 Å². The maximum atomic E-state index is 13.3. The zero-order valence-electron chi connectivity index (χ0n) is 18.0. The first-order valence-electron chi connectivity index (χ1n) is 10.3. The summed E-state index contributed by atoms with van der Waals surface area (Å²) in [6, 6.07) is 16.0. The van der Waals surface area contributed by atoms with Crippen molar-refractivity contribution < 1.29 is 22.4 Å². The Labute approximate surface area is 191 Å². The highest BCUT2D eigenvalue weighted by molar-refractivity contribution is 7.92. The van der Waals surface area contributed by atoms with Gasteiger partial charge in [0, 0.05) is 29.9 Å². The van der Waals surface area contributed by atoms with Crippen molar-refractivity contribution in [1.82, 2.24) is 0 Å². The quantitative estimate of drug-likeness (QED) is 0.589. The molecule has 4 rings (SSSR count). The average Bonchev–Trinajstić information content (AvgIpc) is 3.09. The number of halogens is 1. The van der Waals surface area contributed by atoms with Gasteiger partial charge in [-0.3, -0.25) is 13.9 Å². The van der Waals surface area contributed by atoms with Crippen LogP contribution in [0, 0.1) is 5.82 Å². The molecule has 2 N–H and O–H groups in total. The summed E-state index contributed by atoms with van der Waals surface area (Å²) in [5.41, 5.74) is 2.68. The monoisotopic (exact) mass is 467 g/mol. The predicted molar refractivity (Wildman–Crippen MR) is 124 cm³/mol. The Kier molecular flexibility index (Phi) is 5.90. The topological polar surface area (TPSA) is 95.6 Å². The highest BCUT2D eigenvalue weighted by Crippen LogP contribution is 2.37. The molecule has 33 heavy (non-hydrogen) atoms. The minimum Gasteiger partial charge on any atom is -0.326 e. The van der Waals surface area contributed by atoms with E-state index in [0.717, 1.165) is 17.7 Å². The van der Waals surface area contributed by atoms with E-state index in [-0.39, 0.29) is 22.8 Å². The molecule has 0 saturated heterocycles. The van der Waals surface area contributed by atoms with Gasteiger partial charge in [0.25, 0.3) is 15.9 Å². The summed E-state index contributed by atoms with van der Waals surface area (Å²) in [5, 5.41) is 5.45. The fraction of sp³-hybridized carbons (Fsp3) is 0.167. The lowest BCUT2D eigenvalue weighted by atomic mass is 10.1. The Bertz CT molecular complexity index is 1340. The number of nitrogens with one attached hydrogen (secondary N) is 2. The maximum absolute atomic E-state index is 13.3. The zero-order chi connectivity index (χ0) is 23.8. The lowest BCUT2D eigenvalue weighted by Gasteiger charge is -2.24. The molecule has 0 saturated carbocycles. The van der Waals surface area contributed by atoms with Crippen molar-refractivity contribution in [1.29, 1.82) is 0 Å². The van der Waals surface area contributed by atoms with E-state index in [9.17, 15) is 22.4 Å². The van der Waals surface area contributed by atoms with Gasteiger partial charge in [-0.25, -0.2) is 12.8 Å². The van der Waals surface area contributed by atoms with E-state index in [0.29, 0.717) is 29.0 Å². The Morgan fingerprint density at radius 3 is 2.30 bits per heavy atom. The second-order valence-electron chi connectivity index (χ2n) is 7.87. The van der Waals surface area contributed by atoms with Crippen molar-refractivity contribution in [2.45, 2.75) is 31.2 Å². The molecule has 0 aliphatic carbocycles. The SMILES string of the molecule is CC(=O)Nc1cccc(NC(=O)c2ccc3c(c2)C[C@H](C)N3S(=O)(=O)c2ccc(F)cc2)c1. The van der Waals surface area contributed by atoms with Crippen LogP contribution < -0.4 is 14.9 Å². The summed E-state index contributed by atoms with van der Waals surface area (Å²) in [4.78, 5) is 24.0. The smallest absolute Gasteiger partial charge is 0.264 e. The van der Waals surface area contributed by atoms with Crippen molar-refractivity contribution in [2.75, 3.05) is 14.9 Å². The van der Waals surface area contributed by atoms with Gasteiger partial charge >= 0.3 is 0 Å². The van der Waals surface area contributed by atoms with Crippen LogP contribution in [0.2, 0.25) is 0 Å². The second kappa shape index (κ2) is 8.67. The molecule has 1 heterocycles. The molecule has 3 aromatic carbocycles. The number of hydrogen-bond acceptors (Lipinski definition) is 4. The maximum Gasteiger partial charge on any atom is 0.264 e. The van der Waals surface area contributed by atoms with Crippen molar-refractivity contribution in [3.05, 3.63) is 83.7 Å². The fourth-order valence-corrected chi connectivity index (χ4v) is 5.60. The Balaban J connectivity index is 1.58. The molecule has 0 aromatic heterocycles. The normalized spacial score (nSPS) is 15.1. The third-order valence-corrected chi connectivity index (χ3v) is 7.25. The number of carbonyl (C=O) groups excluding carboxylic acids is 2. The lowest BCUT2D eigenvalue weighted by Crippen LogP contribution is -2.35. The van der Waals surface area contributed by atoms with E-state index in [1.807, 2.05) is 0 Å². The largest absolute Gasteiger partial charge is 0.326 e. The highest BCUT2D eigenvalue weighted by atomic mass is 32.2. The fourth-order valence-electron chi connectivity index (χ4n) is 3.91. The predicted octanol–water partition coefficient (Wildman–Crippen LogP) is 4.18. The second-order valence-corrected chi connectivity index (χ2v) is 9.68. The standard InChI is InChI=1S/C24H22FN3O4S/c1-15-12-18-13-17(24(30)27-21-5-3-4-20(14-21)26-16(2)29)6-11-23(18)28(15)33(31,32)22-9-7-19(25)8-10-22/h3-11,13-15H,12H2,1-2H3,(H,26,29)(H,27,30)/t15-/m0/s1. The van der Waals surface area contributed by atoms with Crippen LogP contribution in [0.3, 0.4) is 0 Å². The van der Waals surface area contributed by atoms with Crippen molar-refractivity contribution in [3.8, 4) is 0 Å². The van der Waals surface area contributed by atoms with Crippen LogP contribution in [0.5, 0.6) is 0 Å². The van der Waals surface area contributed by atoms with Crippen LogP contribution >= 0.6 is 0 Å². The van der Waals surface area contributed by atoms with E-state index < -0.39 is 15.8 Å². The van der Waals surface area contributed by atoms with Gasteiger partial charge in [0.05, 0.1) is 10.6 Å². The third kappa shape index (κ3) is 4.58. The molecule has 9 heteroatoms. The van der Waals surface area contributed by atoms with E-state index in [2.05, 4.69) is 10.6 Å². The van der Waals surface area contributed by atoms with Gasteiger partial charge < -0.3 is 10.6 Å². The van der Waals surface area contributed by atoms with Crippen LogP contribution in [-0.4, -0.2) is 26.3 Å². The summed E-state index contributed by atoms with van der Waals surface area (Å²) in [6.07, 6.45) is 0.439. The molecule has 0 radical (unpaired) electrons. The number of anilines is 3. The lowest BCUT2D eigenvalue weighted by molar-refractivity contribution is -0.114. The molecular weight excluding hydrogens is 445 g/mol. The summed E-state index contributed by atoms with van der Waals surface area (Å²) < 4.78 is 40.9. The van der Waals surface area contributed by atoms with Crippen LogP contribution in [0.1, 0.15) is 29.8 Å². The van der Waals surface area contributed by atoms with E-state index in [1.54, 1.807) is 49.4 Å². The molecule has 0 spiro atoms. The van der Waals surface area contributed by atoms with Crippen LogP contribution in [0.25, 0.3) is 0 Å². The van der Waals surface area contributed by atoms with Gasteiger partial charge in [0.1, 0.15) is 5.82 Å². The van der Waals surface area contributed by atoms with Gasteiger partial charge in [-0.15, -0.1) is 0 Å². The number of nitrogens with zero attached hydrogens (tertiary/aromatic N) is 1. The van der Waals surface area contributed by atoms with Gasteiger partial charge in [-0.1, -0.05) is 6.07 Å². The number of fused-ring (bicyclic) bond motifs is 1. The first-order chi connectivity index (χ1) is 15.6. The molecule has 2 amide bonds. The van der Waals surface area contributed by atoms with Crippen LogP contribution in [-0.2, 0) is 21.2 Å². The number of benzene rings is 3. The molecule has 1 atom stereocenters. The molecule has 0 bridgehead atoms. The molecule has 1 aliphatic rings. The Morgan fingerprint density at radius 1 is 0.970 bits per heavy atom. The van der Waals surface area contributed by atoms with Crippen molar-refractivity contribution in [2.24, 2.45) is 0 Å². The van der Waals surface area contributed by atoms with Crippen molar-refractivity contribution >= 4 is 38.9 Å². The summed E-state index contributed by atoms with van der Waals surface area (Å²) in [7, 11) is -3.88. The molecular formula is C24H22FN3O4S. The molecule has 3 aromatic rings. The molecule has 7 nitrogen and oxygen atoms in total. The molecule has 1 aliphatic heterocycles. The van der Waals surface area contributed by atoms with Gasteiger partial charge in [0.15, 0.2) is 0 Å². The minimum atomic E-state index is -3.88. The van der Waals surface area contributed by atoms with E-state index >= 15 is 0 Å². The zero-order valence-corrected chi connectivity index (χ0v) is 18.8. The number of amides is 2. The van der Waals surface area contributed by atoms with Crippen molar-refractivity contribution in [3.63, 3.8) is 0 Å². The van der Waals surface area contributed by atoms with Crippen LogP contribution in [0.4, 0.5) is 21.5 Å². The molecule has 0 unspecified atom stereocenters.